The van der Waals surface area contributed by atoms with Crippen LogP contribution in [-0.2, 0) is 0 Å². The van der Waals surface area contributed by atoms with Gasteiger partial charge in [-0.3, -0.25) is 10.1 Å². The molecule has 0 heterocycles. The van der Waals surface area contributed by atoms with E-state index in [0.717, 1.165) is 17.7 Å². The summed E-state index contributed by atoms with van der Waals surface area (Å²) in [6.07, 6.45) is -0.875. The molecule has 0 aliphatic heterocycles. The standard InChI is InChI=1S/C16H17FN2O4/c1-11-3-2-4-14(7-11)23-10-13(20)9-18-15-6-5-12(17)8-16(15)19(21)22/h2-8,13,18,20H,9-10H2,1H3. The summed E-state index contributed by atoms with van der Waals surface area (Å²) < 4.78 is 18.5. The molecule has 0 saturated carbocycles. The number of nitrogens with zero attached hydrogens (tertiary/aromatic N) is 1. The number of aryl methyl sites for hydroxylation is 1. The van der Waals surface area contributed by atoms with Crippen molar-refractivity contribution in [2.24, 2.45) is 0 Å². The average Bonchev–Trinajstić information content (AvgIpc) is 2.51. The van der Waals surface area contributed by atoms with Gasteiger partial charge in [-0.15, -0.1) is 0 Å². The molecule has 7 heteroatoms. The lowest BCUT2D eigenvalue weighted by Crippen LogP contribution is -2.26. The zero-order valence-electron chi connectivity index (χ0n) is 12.5. The summed E-state index contributed by atoms with van der Waals surface area (Å²) in [4.78, 5) is 10.2. The van der Waals surface area contributed by atoms with Crippen LogP contribution in [0.3, 0.4) is 0 Å². The lowest BCUT2D eigenvalue weighted by Gasteiger charge is -2.14. The molecule has 2 aromatic rings. The molecule has 0 amide bonds. The van der Waals surface area contributed by atoms with Crippen molar-refractivity contribution in [3.8, 4) is 5.75 Å². The van der Waals surface area contributed by atoms with Crippen molar-refractivity contribution in [2.45, 2.75) is 13.0 Å². The van der Waals surface area contributed by atoms with Gasteiger partial charge in [-0.1, -0.05) is 12.1 Å². The van der Waals surface area contributed by atoms with E-state index in [1.807, 2.05) is 25.1 Å². The predicted octanol–water partition coefficient (Wildman–Crippen LogP) is 2.89. The molecule has 2 N–H and O–H groups in total. The molecule has 23 heavy (non-hydrogen) atoms. The summed E-state index contributed by atoms with van der Waals surface area (Å²) in [5, 5.41) is 23.5. The molecular formula is C16H17FN2O4. The van der Waals surface area contributed by atoms with Crippen LogP contribution in [0.15, 0.2) is 42.5 Å². The van der Waals surface area contributed by atoms with Crippen molar-refractivity contribution in [1.29, 1.82) is 0 Å². The normalized spacial score (nSPS) is 11.8. The molecule has 2 aromatic carbocycles. The zero-order valence-corrected chi connectivity index (χ0v) is 12.5. The Balaban J connectivity index is 1.89. The maximum atomic E-state index is 13.0. The molecule has 122 valence electrons. The van der Waals surface area contributed by atoms with Gasteiger partial charge in [0.1, 0.15) is 30.0 Å². The Morgan fingerprint density at radius 1 is 1.35 bits per heavy atom. The van der Waals surface area contributed by atoms with Crippen molar-refractivity contribution < 1.29 is 19.2 Å². The molecule has 0 aliphatic rings. The van der Waals surface area contributed by atoms with Crippen LogP contribution in [0.25, 0.3) is 0 Å². The minimum Gasteiger partial charge on any atom is -0.491 e. The molecule has 0 fully saturated rings. The van der Waals surface area contributed by atoms with Gasteiger partial charge in [0.15, 0.2) is 0 Å². The third-order valence-corrected chi connectivity index (χ3v) is 3.12. The highest BCUT2D eigenvalue weighted by Gasteiger charge is 2.16. The highest BCUT2D eigenvalue weighted by Crippen LogP contribution is 2.24. The number of nitrogens with one attached hydrogen (secondary N) is 1. The maximum Gasteiger partial charge on any atom is 0.295 e. The zero-order chi connectivity index (χ0) is 16.8. The van der Waals surface area contributed by atoms with E-state index in [9.17, 15) is 19.6 Å². The highest BCUT2D eigenvalue weighted by atomic mass is 19.1. The third-order valence-electron chi connectivity index (χ3n) is 3.12. The lowest BCUT2D eigenvalue weighted by molar-refractivity contribution is -0.384. The first-order valence-electron chi connectivity index (χ1n) is 7.01. The molecule has 0 bridgehead atoms. The van der Waals surface area contributed by atoms with E-state index in [4.69, 9.17) is 4.74 Å². The molecule has 0 spiro atoms. The van der Waals surface area contributed by atoms with Crippen molar-refractivity contribution in [2.75, 3.05) is 18.5 Å². The van der Waals surface area contributed by atoms with Crippen molar-refractivity contribution in [3.63, 3.8) is 0 Å². The number of aliphatic hydroxyl groups is 1. The fraction of sp³-hybridized carbons (Fsp3) is 0.250. The SMILES string of the molecule is Cc1cccc(OCC(O)CNc2ccc(F)cc2[N+](=O)[O-])c1. The van der Waals surface area contributed by atoms with E-state index in [1.165, 1.54) is 6.07 Å². The Hall–Kier alpha value is -2.67. The fourth-order valence-electron chi connectivity index (χ4n) is 1.99. The number of halogens is 1. The minimum atomic E-state index is -0.875. The first-order chi connectivity index (χ1) is 11.0. The van der Waals surface area contributed by atoms with E-state index < -0.39 is 16.8 Å². The topological polar surface area (TPSA) is 84.6 Å². The summed E-state index contributed by atoms with van der Waals surface area (Å²) in [5.74, 6) is -0.0533. The number of anilines is 1. The minimum absolute atomic E-state index is 0.0332. The second kappa shape index (κ2) is 7.55. The highest BCUT2D eigenvalue weighted by molar-refractivity contribution is 5.61. The van der Waals surface area contributed by atoms with E-state index in [-0.39, 0.29) is 24.5 Å². The molecular weight excluding hydrogens is 303 g/mol. The average molecular weight is 320 g/mol. The van der Waals surface area contributed by atoms with E-state index >= 15 is 0 Å². The van der Waals surface area contributed by atoms with Gasteiger partial charge in [0, 0.05) is 6.54 Å². The molecule has 6 nitrogen and oxygen atoms in total. The maximum absolute atomic E-state index is 13.0. The van der Waals surface area contributed by atoms with Crippen molar-refractivity contribution in [1.82, 2.24) is 0 Å². The lowest BCUT2D eigenvalue weighted by atomic mass is 10.2. The van der Waals surface area contributed by atoms with Gasteiger partial charge < -0.3 is 15.2 Å². The molecule has 1 atom stereocenters. The quantitative estimate of drug-likeness (QED) is 0.605. The van der Waals surface area contributed by atoms with Crippen LogP contribution in [0.1, 0.15) is 5.56 Å². The molecule has 0 saturated heterocycles. The van der Waals surface area contributed by atoms with Gasteiger partial charge in [0.2, 0.25) is 0 Å². The van der Waals surface area contributed by atoms with Crippen LogP contribution in [0.2, 0.25) is 0 Å². The van der Waals surface area contributed by atoms with Gasteiger partial charge in [0.05, 0.1) is 11.0 Å². The number of nitro groups is 1. The van der Waals surface area contributed by atoms with E-state index in [2.05, 4.69) is 5.32 Å². The van der Waals surface area contributed by atoms with Crippen LogP contribution >= 0.6 is 0 Å². The van der Waals surface area contributed by atoms with Crippen LogP contribution in [0.4, 0.5) is 15.8 Å². The molecule has 2 rings (SSSR count). The first kappa shape index (κ1) is 16.7. The fourth-order valence-corrected chi connectivity index (χ4v) is 1.99. The molecule has 0 aliphatic carbocycles. The summed E-state index contributed by atoms with van der Waals surface area (Å²) in [6, 6.07) is 10.6. The largest absolute Gasteiger partial charge is 0.491 e. The monoisotopic (exact) mass is 320 g/mol. The van der Waals surface area contributed by atoms with E-state index in [0.29, 0.717) is 5.75 Å². The van der Waals surface area contributed by atoms with Gasteiger partial charge in [-0.25, -0.2) is 4.39 Å². The number of benzene rings is 2. The first-order valence-corrected chi connectivity index (χ1v) is 7.01. The summed E-state index contributed by atoms with van der Waals surface area (Å²) in [6.45, 7) is 2.00. The van der Waals surface area contributed by atoms with Crippen molar-refractivity contribution >= 4 is 11.4 Å². The smallest absolute Gasteiger partial charge is 0.295 e. The Morgan fingerprint density at radius 2 is 2.13 bits per heavy atom. The number of hydrogen-bond acceptors (Lipinski definition) is 5. The number of nitro benzene ring substituents is 1. The second-order valence-electron chi connectivity index (χ2n) is 5.08. The van der Waals surface area contributed by atoms with Crippen LogP contribution in [-0.4, -0.2) is 29.3 Å². The Bertz CT molecular complexity index is 694. The van der Waals surface area contributed by atoms with Crippen LogP contribution < -0.4 is 10.1 Å². The van der Waals surface area contributed by atoms with Gasteiger partial charge in [-0.2, -0.15) is 0 Å². The Morgan fingerprint density at radius 3 is 2.83 bits per heavy atom. The Labute approximate surface area is 132 Å². The van der Waals surface area contributed by atoms with E-state index in [1.54, 1.807) is 6.07 Å². The molecule has 1 unspecified atom stereocenters. The third kappa shape index (κ3) is 4.93. The summed E-state index contributed by atoms with van der Waals surface area (Å²) >= 11 is 0. The summed E-state index contributed by atoms with van der Waals surface area (Å²) in [7, 11) is 0. The molecule has 0 aromatic heterocycles. The number of ether oxygens (including phenoxy) is 1. The number of rotatable bonds is 7. The number of hydrogen-bond donors (Lipinski definition) is 2. The Kier molecular flexibility index (Phi) is 5.48. The molecule has 0 radical (unpaired) electrons. The van der Waals surface area contributed by atoms with Crippen LogP contribution in [0, 0.1) is 22.9 Å². The second-order valence-corrected chi connectivity index (χ2v) is 5.08. The number of aliphatic hydroxyl groups excluding tert-OH is 1. The predicted molar refractivity (Wildman–Crippen MR) is 84.2 cm³/mol. The van der Waals surface area contributed by atoms with Crippen molar-refractivity contribution in [3.05, 3.63) is 64.0 Å². The van der Waals surface area contributed by atoms with Crippen LogP contribution in [0.5, 0.6) is 5.75 Å². The van der Waals surface area contributed by atoms with Gasteiger partial charge in [0.25, 0.3) is 5.69 Å². The summed E-state index contributed by atoms with van der Waals surface area (Å²) in [5.41, 5.74) is 0.805. The van der Waals surface area contributed by atoms with Gasteiger partial charge in [-0.05, 0) is 36.8 Å². The van der Waals surface area contributed by atoms with Gasteiger partial charge >= 0.3 is 0 Å².